The number of hydrogen-bond donors (Lipinski definition) is 1. The average molecular weight is 244 g/mol. The summed E-state index contributed by atoms with van der Waals surface area (Å²) >= 11 is 0. The number of morpholine rings is 1. The molecule has 4 nitrogen and oxygen atoms in total. The SMILES string of the molecule is Cc1cc(N2CCOCC2)nc2cc(O)ccc12. The van der Waals surface area contributed by atoms with E-state index < -0.39 is 0 Å². The minimum Gasteiger partial charge on any atom is -0.508 e. The Labute approximate surface area is 106 Å². The molecule has 1 aromatic carbocycles. The molecule has 18 heavy (non-hydrogen) atoms. The van der Waals surface area contributed by atoms with Crippen molar-refractivity contribution in [3.63, 3.8) is 0 Å². The number of hydrogen-bond acceptors (Lipinski definition) is 4. The van der Waals surface area contributed by atoms with Crippen molar-refractivity contribution in [3.8, 4) is 5.75 Å². The number of ether oxygens (including phenoxy) is 1. The van der Waals surface area contributed by atoms with Crippen LogP contribution in [0.2, 0.25) is 0 Å². The van der Waals surface area contributed by atoms with E-state index in [9.17, 15) is 5.11 Å². The van der Waals surface area contributed by atoms with Crippen LogP contribution in [0.3, 0.4) is 0 Å². The third-order valence-electron chi connectivity index (χ3n) is 3.32. The molecule has 1 aromatic heterocycles. The van der Waals surface area contributed by atoms with Crippen LogP contribution >= 0.6 is 0 Å². The Balaban J connectivity index is 2.07. The third kappa shape index (κ3) is 1.99. The van der Waals surface area contributed by atoms with Gasteiger partial charge < -0.3 is 14.7 Å². The highest BCUT2D eigenvalue weighted by molar-refractivity contribution is 5.85. The van der Waals surface area contributed by atoms with Gasteiger partial charge in [0.05, 0.1) is 18.7 Å². The number of fused-ring (bicyclic) bond motifs is 1. The first-order valence-corrected chi connectivity index (χ1v) is 6.17. The van der Waals surface area contributed by atoms with Gasteiger partial charge in [-0.15, -0.1) is 0 Å². The van der Waals surface area contributed by atoms with E-state index in [2.05, 4.69) is 22.9 Å². The van der Waals surface area contributed by atoms with Crippen molar-refractivity contribution in [1.29, 1.82) is 0 Å². The Morgan fingerprint density at radius 1 is 1.22 bits per heavy atom. The molecular formula is C14H16N2O2. The lowest BCUT2D eigenvalue weighted by Gasteiger charge is -2.28. The number of nitrogens with zero attached hydrogens (tertiary/aromatic N) is 2. The van der Waals surface area contributed by atoms with Crippen LogP contribution in [0.1, 0.15) is 5.56 Å². The molecule has 3 rings (SSSR count). The lowest BCUT2D eigenvalue weighted by Crippen LogP contribution is -2.36. The van der Waals surface area contributed by atoms with Crippen LogP contribution in [0.25, 0.3) is 10.9 Å². The Kier molecular flexibility index (Phi) is 2.80. The number of phenols is 1. The maximum Gasteiger partial charge on any atom is 0.129 e. The zero-order valence-corrected chi connectivity index (χ0v) is 10.4. The highest BCUT2D eigenvalue weighted by Gasteiger charge is 2.14. The molecule has 0 unspecified atom stereocenters. The molecule has 0 aliphatic carbocycles. The van der Waals surface area contributed by atoms with E-state index in [4.69, 9.17) is 4.74 Å². The Bertz CT molecular complexity index is 577. The maximum absolute atomic E-state index is 9.55. The maximum atomic E-state index is 9.55. The normalized spacial score (nSPS) is 16.2. The first-order valence-electron chi connectivity index (χ1n) is 6.17. The fourth-order valence-electron chi connectivity index (χ4n) is 2.33. The first-order chi connectivity index (χ1) is 8.74. The molecule has 0 saturated carbocycles. The van der Waals surface area contributed by atoms with Gasteiger partial charge in [0.2, 0.25) is 0 Å². The molecule has 2 heterocycles. The zero-order valence-electron chi connectivity index (χ0n) is 10.4. The van der Waals surface area contributed by atoms with Crippen molar-refractivity contribution in [2.75, 3.05) is 31.2 Å². The fourth-order valence-corrected chi connectivity index (χ4v) is 2.33. The molecule has 0 spiro atoms. The minimum absolute atomic E-state index is 0.258. The second kappa shape index (κ2) is 4.46. The lowest BCUT2D eigenvalue weighted by atomic mass is 10.1. The number of pyridine rings is 1. The highest BCUT2D eigenvalue weighted by Crippen LogP contribution is 2.25. The standard InChI is InChI=1S/C14H16N2O2/c1-10-8-14(16-4-6-18-7-5-16)15-13-9-11(17)2-3-12(10)13/h2-3,8-9,17H,4-7H2,1H3. The largest absolute Gasteiger partial charge is 0.508 e. The molecule has 1 N–H and O–H groups in total. The van der Waals surface area contributed by atoms with Crippen molar-refractivity contribution in [1.82, 2.24) is 4.98 Å². The van der Waals surface area contributed by atoms with Crippen LogP contribution in [-0.4, -0.2) is 36.4 Å². The quantitative estimate of drug-likeness (QED) is 0.834. The number of rotatable bonds is 1. The van der Waals surface area contributed by atoms with Crippen molar-refractivity contribution >= 4 is 16.7 Å². The van der Waals surface area contributed by atoms with E-state index >= 15 is 0 Å². The van der Waals surface area contributed by atoms with Crippen LogP contribution in [0.5, 0.6) is 5.75 Å². The zero-order chi connectivity index (χ0) is 12.5. The van der Waals surface area contributed by atoms with Gasteiger partial charge in [-0.3, -0.25) is 0 Å². The van der Waals surface area contributed by atoms with E-state index in [-0.39, 0.29) is 5.75 Å². The Hall–Kier alpha value is -1.81. The number of aromatic nitrogens is 1. The number of aryl methyl sites for hydroxylation is 1. The minimum atomic E-state index is 0.258. The predicted molar refractivity (Wildman–Crippen MR) is 71.2 cm³/mol. The summed E-state index contributed by atoms with van der Waals surface area (Å²) in [6, 6.07) is 7.43. The Morgan fingerprint density at radius 3 is 2.78 bits per heavy atom. The Morgan fingerprint density at radius 2 is 2.00 bits per heavy atom. The van der Waals surface area contributed by atoms with Crippen LogP contribution in [0, 0.1) is 6.92 Å². The van der Waals surface area contributed by atoms with Crippen molar-refractivity contribution in [2.45, 2.75) is 6.92 Å². The van der Waals surface area contributed by atoms with Gasteiger partial charge in [0.25, 0.3) is 0 Å². The molecule has 94 valence electrons. The van der Waals surface area contributed by atoms with Crippen molar-refractivity contribution in [3.05, 3.63) is 29.8 Å². The summed E-state index contributed by atoms with van der Waals surface area (Å²) in [5.74, 6) is 1.22. The molecule has 1 aliphatic rings. The molecule has 1 aliphatic heterocycles. The van der Waals surface area contributed by atoms with Crippen LogP contribution < -0.4 is 4.90 Å². The molecule has 1 saturated heterocycles. The monoisotopic (exact) mass is 244 g/mol. The molecule has 2 aromatic rings. The van der Waals surface area contributed by atoms with Gasteiger partial charge in [-0.1, -0.05) is 0 Å². The van der Waals surface area contributed by atoms with Crippen LogP contribution in [0.4, 0.5) is 5.82 Å². The van der Waals surface area contributed by atoms with Crippen LogP contribution in [-0.2, 0) is 4.74 Å². The summed E-state index contributed by atoms with van der Waals surface area (Å²) in [5, 5.41) is 10.6. The average Bonchev–Trinajstić information content (AvgIpc) is 2.39. The molecular weight excluding hydrogens is 228 g/mol. The van der Waals surface area contributed by atoms with Gasteiger partial charge in [-0.2, -0.15) is 0 Å². The molecule has 0 radical (unpaired) electrons. The second-order valence-electron chi connectivity index (χ2n) is 4.60. The third-order valence-corrected chi connectivity index (χ3v) is 3.32. The second-order valence-corrected chi connectivity index (χ2v) is 4.60. The van der Waals surface area contributed by atoms with E-state index in [1.54, 1.807) is 12.1 Å². The number of aromatic hydroxyl groups is 1. The highest BCUT2D eigenvalue weighted by atomic mass is 16.5. The molecule has 1 fully saturated rings. The number of benzene rings is 1. The number of anilines is 1. The predicted octanol–water partition coefficient (Wildman–Crippen LogP) is 2.09. The number of phenolic OH excluding ortho intramolecular Hbond substituents is 1. The van der Waals surface area contributed by atoms with Gasteiger partial charge in [0.1, 0.15) is 11.6 Å². The van der Waals surface area contributed by atoms with Gasteiger partial charge in [0.15, 0.2) is 0 Å². The topological polar surface area (TPSA) is 45.6 Å². The van der Waals surface area contributed by atoms with E-state index in [0.29, 0.717) is 0 Å². The summed E-state index contributed by atoms with van der Waals surface area (Å²) in [6.07, 6.45) is 0. The summed E-state index contributed by atoms with van der Waals surface area (Å²) in [4.78, 5) is 6.85. The van der Waals surface area contributed by atoms with Crippen molar-refractivity contribution in [2.24, 2.45) is 0 Å². The van der Waals surface area contributed by atoms with Gasteiger partial charge in [0, 0.05) is 24.5 Å². The first kappa shape index (κ1) is 11.3. The molecule has 0 amide bonds. The van der Waals surface area contributed by atoms with Gasteiger partial charge in [-0.05, 0) is 30.7 Å². The summed E-state index contributed by atoms with van der Waals surface area (Å²) in [6.45, 7) is 5.32. The van der Waals surface area contributed by atoms with E-state index in [0.717, 1.165) is 43.0 Å². The molecule has 0 bridgehead atoms. The fraction of sp³-hybridized carbons (Fsp3) is 0.357. The van der Waals surface area contributed by atoms with Crippen LogP contribution in [0.15, 0.2) is 24.3 Å². The summed E-state index contributed by atoms with van der Waals surface area (Å²) in [5.41, 5.74) is 2.03. The van der Waals surface area contributed by atoms with Gasteiger partial charge >= 0.3 is 0 Å². The van der Waals surface area contributed by atoms with Crippen molar-refractivity contribution < 1.29 is 9.84 Å². The molecule has 0 atom stereocenters. The summed E-state index contributed by atoms with van der Waals surface area (Å²) < 4.78 is 5.35. The van der Waals surface area contributed by atoms with E-state index in [1.165, 1.54) is 5.56 Å². The molecule has 4 heteroatoms. The summed E-state index contributed by atoms with van der Waals surface area (Å²) in [7, 11) is 0. The van der Waals surface area contributed by atoms with Gasteiger partial charge in [-0.25, -0.2) is 4.98 Å². The lowest BCUT2D eigenvalue weighted by molar-refractivity contribution is 0.122. The van der Waals surface area contributed by atoms with E-state index in [1.807, 2.05) is 6.07 Å². The smallest absolute Gasteiger partial charge is 0.129 e.